The molecule has 2 bridgehead atoms. The number of benzene rings is 2. The molecule has 1 saturated heterocycles. The van der Waals surface area contributed by atoms with Gasteiger partial charge < -0.3 is 4.90 Å². The third-order valence-electron chi connectivity index (χ3n) is 7.33. The van der Waals surface area contributed by atoms with E-state index in [0.717, 1.165) is 24.9 Å². The molecule has 2 atom stereocenters. The molecule has 2 aromatic heterocycles. The lowest BCUT2D eigenvalue weighted by molar-refractivity contribution is -0.146. The van der Waals surface area contributed by atoms with Crippen molar-refractivity contribution in [3.8, 4) is 16.9 Å². The van der Waals surface area contributed by atoms with Gasteiger partial charge in [-0.05, 0) is 49.9 Å². The standard InChI is InChI=1S/C26H20F6N6O/c1-36-23(13-9-17(27)21(29)18(28)10-13)16-11-14-5-4-8-20(22(16)35-36)37(14)24(39)15-6-2-3-7-19(15)38-25(26(30,31)32)33-12-34-38/h2-3,6-7,9-10,12,14,20H,4-5,8,11H2,1H3. The van der Waals surface area contributed by atoms with E-state index in [2.05, 4.69) is 15.2 Å². The van der Waals surface area contributed by atoms with E-state index in [1.165, 1.54) is 22.9 Å². The number of hydrogen-bond acceptors (Lipinski definition) is 4. The molecule has 2 aliphatic rings. The number of carbonyl (C=O) groups excluding carboxylic acids is 1. The molecule has 0 spiro atoms. The van der Waals surface area contributed by atoms with Crippen LogP contribution in [-0.2, 0) is 19.6 Å². The zero-order valence-corrected chi connectivity index (χ0v) is 20.4. The number of piperidine rings is 1. The van der Waals surface area contributed by atoms with Crippen molar-refractivity contribution in [1.29, 1.82) is 0 Å². The van der Waals surface area contributed by atoms with Crippen LogP contribution in [0.1, 0.15) is 52.7 Å². The van der Waals surface area contributed by atoms with Gasteiger partial charge >= 0.3 is 6.18 Å². The number of para-hydroxylation sites is 1. The van der Waals surface area contributed by atoms with Gasteiger partial charge in [-0.3, -0.25) is 9.48 Å². The fraction of sp³-hybridized carbons (Fsp3) is 0.308. The number of aryl methyl sites for hydroxylation is 1. The lowest BCUT2D eigenvalue weighted by atomic mass is 9.81. The third kappa shape index (κ3) is 3.98. The number of amides is 1. The topological polar surface area (TPSA) is 68.8 Å². The first kappa shape index (κ1) is 25.1. The summed E-state index contributed by atoms with van der Waals surface area (Å²) in [6, 6.07) is 6.86. The van der Waals surface area contributed by atoms with Gasteiger partial charge in [0.1, 0.15) is 6.33 Å². The Hall–Kier alpha value is -4.16. The Balaban J connectivity index is 1.43. The van der Waals surface area contributed by atoms with Crippen LogP contribution in [0.5, 0.6) is 0 Å². The van der Waals surface area contributed by atoms with Gasteiger partial charge in [0, 0.05) is 24.2 Å². The van der Waals surface area contributed by atoms with Crippen molar-refractivity contribution in [3.63, 3.8) is 0 Å². The normalized spacial score (nSPS) is 18.8. The molecule has 0 radical (unpaired) electrons. The van der Waals surface area contributed by atoms with Crippen LogP contribution >= 0.6 is 0 Å². The first-order valence-electron chi connectivity index (χ1n) is 12.2. The van der Waals surface area contributed by atoms with Crippen molar-refractivity contribution in [1.82, 2.24) is 29.4 Å². The summed E-state index contributed by atoms with van der Waals surface area (Å²) in [6.45, 7) is 0. The molecule has 13 heteroatoms. The summed E-state index contributed by atoms with van der Waals surface area (Å²) in [4.78, 5) is 19.0. The average Bonchev–Trinajstić information content (AvgIpc) is 3.51. The molecular formula is C26H20F6N6O. The van der Waals surface area contributed by atoms with Gasteiger partial charge in [0.15, 0.2) is 17.5 Å². The van der Waals surface area contributed by atoms with E-state index in [1.54, 1.807) is 18.0 Å². The minimum atomic E-state index is -4.78. The van der Waals surface area contributed by atoms with Gasteiger partial charge in [-0.15, -0.1) is 0 Å². The molecule has 7 nitrogen and oxygen atoms in total. The van der Waals surface area contributed by atoms with E-state index in [9.17, 15) is 31.1 Å². The highest BCUT2D eigenvalue weighted by molar-refractivity contribution is 5.98. The van der Waals surface area contributed by atoms with Gasteiger partial charge in [-0.1, -0.05) is 12.1 Å². The van der Waals surface area contributed by atoms with Crippen LogP contribution in [0.25, 0.3) is 16.9 Å². The van der Waals surface area contributed by atoms with E-state index in [-0.39, 0.29) is 22.9 Å². The van der Waals surface area contributed by atoms with Crippen molar-refractivity contribution in [3.05, 3.63) is 82.8 Å². The van der Waals surface area contributed by atoms with E-state index < -0.39 is 41.4 Å². The monoisotopic (exact) mass is 546 g/mol. The van der Waals surface area contributed by atoms with Crippen LogP contribution in [0.15, 0.2) is 42.7 Å². The predicted molar refractivity (Wildman–Crippen MR) is 125 cm³/mol. The number of nitrogens with zero attached hydrogens (tertiary/aromatic N) is 6. The number of carbonyl (C=O) groups is 1. The molecule has 39 heavy (non-hydrogen) atoms. The van der Waals surface area contributed by atoms with Gasteiger partial charge in [-0.2, -0.15) is 23.4 Å². The van der Waals surface area contributed by atoms with Gasteiger partial charge in [0.05, 0.1) is 28.7 Å². The number of hydrogen-bond donors (Lipinski definition) is 0. The largest absolute Gasteiger partial charge is 0.451 e. The Morgan fingerprint density at radius 3 is 2.49 bits per heavy atom. The smallest absolute Gasteiger partial charge is 0.327 e. The van der Waals surface area contributed by atoms with E-state index in [0.29, 0.717) is 40.9 Å². The summed E-state index contributed by atoms with van der Waals surface area (Å²) >= 11 is 0. The van der Waals surface area contributed by atoms with Crippen LogP contribution < -0.4 is 0 Å². The third-order valence-corrected chi connectivity index (χ3v) is 7.33. The fourth-order valence-electron chi connectivity index (χ4n) is 5.79. The predicted octanol–water partition coefficient (Wildman–Crippen LogP) is 5.40. The maximum atomic E-state index is 14.1. The van der Waals surface area contributed by atoms with Crippen LogP contribution in [0.2, 0.25) is 0 Å². The molecule has 4 heterocycles. The quantitative estimate of drug-likeness (QED) is 0.255. The van der Waals surface area contributed by atoms with Crippen molar-refractivity contribution >= 4 is 5.91 Å². The van der Waals surface area contributed by atoms with Crippen LogP contribution in [0.3, 0.4) is 0 Å². The second-order valence-corrected chi connectivity index (χ2v) is 9.62. The number of fused-ring (bicyclic) bond motifs is 4. The number of rotatable bonds is 3. The molecular weight excluding hydrogens is 526 g/mol. The highest BCUT2D eigenvalue weighted by Crippen LogP contribution is 2.45. The Morgan fingerprint density at radius 1 is 1.05 bits per heavy atom. The molecule has 2 aromatic carbocycles. The van der Waals surface area contributed by atoms with E-state index in [4.69, 9.17) is 0 Å². The summed E-state index contributed by atoms with van der Waals surface area (Å²) in [5, 5.41) is 8.31. The Morgan fingerprint density at radius 2 is 1.77 bits per heavy atom. The first-order valence-corrected chi connectivity index (χ1v) is 12.2. The summed E-state index contributed by atoms with van der Waals surface area (Å²) in [5.41, 5.74) is 1.74. The maximum absolute atomic E-state index is 14.1. The van der Waals surface area contributed by atoms with Crippen molar-refractivity contribution in [2.75, 3.05) is 0 Å². The molecule has 6 rings (SSSR count). The molecule has 2 unspecified atom stereocenters. The number of aromatic nitrogens is 5. The fourth-order valence-corrected chi connectivity index (χ4v) is 5.79. The Labute approximate surface area is 217 Å². The average molecular weight is 546 g/mol. The van der Waals surface area contributed by atoms with Crippen molar-refractivity contribution in [2.24, 2.45) is 7.05 Å². The lowest BCUT2D eigenvalue weighted by Gasteiger charge is -2.45. The lowest BCUT2D eigenvalue weighted by Crippen LogP contribution is -2.50. The number of alkyl halides is 3. The molecule has 202 valence electrons. The molecule has 0 aliphatic carbocycles. The van der Waals surface area contributed by atoms with Crippen LogP contribution in [0, 0.1) is 17.5 Å². The van der Waals surface area contributed by atoms with Gasteiger partial charge in [0.25, 0.3) is 5.91 Å². The molecule has 1 amide bonds. The summed E-state index contributed by atoms with van der Waals surface area (Å²) in [6.07, 6.45) is -1.76. The highest BCUT2D eigenvalue weighted by atomic mass is 19.4. The van der Waals surface area contributed by atoms with Crippen molar-refractivity contribution in [2.45, 2.75) is 43.9 Å². The van der Waals surface area contributed by atoms with Gasteiger partial charge in [-0.25, -0.2) is 22.8 Å². The van der Waals surface area contributed by atoms with E-state index >= 15 is 0 Å². The van der Waals surface area contributed by atoms with Crippen LogP contribution in [-0.4, -0.2) is 41.4 Å². The zero-order chi connectivity index (χ0) is 27.6. The minimum absolute atomic E-state index is 0.0210. The SMILES string of the molecule is Cn1nc2c(c1-c1cc(F)c(F)c(F)c1)CC1CCCC2N1C(=O)c1ccccc1-n1ncnc1C(F)(F)F. The molecule has 0 saturated carbocycles. The molecule has 0 N–H and O–H groups in total. The second kappa shape index (κ2) is 8.95. The molecule has 1 fully saturated rings. The maximum Gasteiger partial charge on any atom is 0.451 e. The molecule has 2 aliphatic heterocycles. The van der Waals surface area contributed by atoms with Crippen LogP contribution in [0.4, 0.5) is 26.3 Å². The zero-order valence-electron chi connectivity index (χ0n) is 20.4. The van der Waals surface area contributed by atoms with E-state index in [1.807, 2.05) is 0 Å². The Bertz CT molecular complexity index is 1590. The minimum Gasteiger partial charge on any atom is -0.327 e. The van der Waals surface area contributed by atoms with Crippen molar-refractivity contribution < 1.29 is 31.1 Å². The molecule has 4 aromatic rings. The van der Waals surface area contributed by atoms with Gasteiger partial charge in [0.2, 0.25) is 5.82 Å². The highest BCUT2D eigenvalue weighted by Gasteiger charge is 2.45. The summed E-state index contributed by atoms with van der Waals surface area (Å²) in [7, 11) is 1.60. The summed E-state index contributed by atoms with van der Waals surface area (Å²) < 4.78 is 84.5. The summed E-state index contributed by atoms with van der Waals surface area (Å²) in [5.74, 6) is -5.95. The Kier molecular flexibility index (Phi) is 5.77. The second-order valence-electron chi connectivity index (χ2n) is 9.62. The number of halogens is 6. The first-order chi connectivity index (χ1) is 18.6.